The summed E-state index contributed by atoms with van der Waals surface area (Å²) in [6, 6.07) is -1.01. The predicted octanol–water partition coefficient (Wildman–Crippen LogP) is -0.154. The van der Waals surface area contributed by atoms with Gasteiger partial charge < -0.3 is 24.3 Å². The van der Waals surface area contributed by atoms with Crippen LogP contribution in [0.3, 0.4) is 0 Å². The first-order valence-electron chi connectivity index (χ1n) is 8.99. The van der Waals surface area contributed by atoms with E-state index in [9.17, 15) is 19.2 Å². The minimum absolute atomic E-state index is 0.0812. The summed E-state index contributed by atoms with van der Waals surface area (Å²) in [4.78, 5) is 46.6. The van der Waals surface area contributed by atoms with E-state index in [0.717, 1.165) is 6.92 Å². The maximum Gasteiger partial charge on any atom is 0.303 e. The van der Waals surface area contributed by atoms with Crippen LogP contribution in [0.4, 0.5) is 0 Å². The SMILES string of the molecule is CC(=O)N[C@@H]1[C@@H](OC(C)=O)[C@H](OC(C)=O)[C@@H](COC(C)=O)O[C@H]1n1cc(CCl)nn1. The van der Waals surface area contributed by atoms with Gasteiger partial charge in [-0.15, -0.1) is 16.7 Å². The second-order valence-corrected chi connectivity index (χ2v) is 6.83. The van der Waals surface area contributed by atoms with Crippen LogP contribution in [-0.4, -0.2) is 69.8 Å². The number of carbonyl (C=O) groups excluding carboxylic acids is 4. The highest BCUT2D eigenvalue weighted by Gasteiger charge is 2.51. The number of halogens is 1. The van der Waals surface area contributed by atoms with Gasteiger partial charge in [0.2, 0.25) is 5.91 Å². The molecule has 1 aliphatic heterocycles. The fourth-order valence-corrected chi connectivity index (χ4v) is 3.16. The largest absolute Gasteiger partial charge is 0.463 e. The Balaban J connectivity index is 2.50. The van der Waals surface area contributed by atoms with E-state index in [2.05, 4.69) is 15.6 Å². The molecule has 1 N–H and O–H groups in total. The van der Waals surface area contributed by atoms with E-state index in [0.29, 0.717) is 5.69 Å². The van der Waals surface area contributed by atoms with Crippen molar-refractivity contribution >= 4 is 35.4 Å². The number of amides is 1. The molecular formula is C17H23ClN4O8. The number of esters is 3. The van der Waals surface area contributed by atoms with Crippen LogP contribution in [-0.2, 0) is 44.0 Å². The van der Waals surface area contributed by atoms with E-state index in [1.54, 1.807) is 0 Å². The lowest BCUT2D eigenvalue weighted by atomic mass is 9.95. The van der Waals surface area contributed by atoms with Gasteiger partial charge in [0.25, 0.3) is 0 Å². The monoisotopic (exact) mass is 446 g/mol. The molecule has 2 rings (SSSR count). The lowest BCUT2D eigenvalue weighted by Crippen LogP contribution is -2.64. The maximum atomic E-state index is 11.9. The van der Waals surface area contributed by atoms with Crippen molar-refractivity contribution < 1.29 is 38.1 Å². The molecule has 2 heterocycles. The fraction of sp³-hybridized carbons (Fsp3) is 0.647. The molecule has 0 unspecified atom stereocenters. The van der Waals surface area contributed by atoms with Crippen LogP contribution >= 0.6 is 11.6 Å². The number of nitrogens with one attached hydrogen (secondary N) is 1. The summed E-state index contributed by atoms with van der Waals surface area (Å²) in [5, 5.41) is 10.5. The van der Waals surface area contributed by atoms with Gasteiger partial charge in [0.15, 0.2) is 18.4 Å². The molecule has 0 radical (unpaired) electrons. The molecule has 5 atom stereocenters. The smallest absolute Gasteiger partial charge is 0.303 e. The standard InChI is InChI=1S/C17H23ClN4O8/c1-8(23)19-14-16(29-11(4)26)15(28-10(3)25)13(7-27-9(2)24)30-17(14)22-6-12(5-18)20-21-22/h6,13-17H,5,7H2,1-4H3,(H,19,23)/t13-,14-,15-,16-,17-/m1/s1. The van der Waals surface area contributed by atoms with Crippen LogP contribution in [0.5, 0.6) is 0 Å². The first kappa shape index (κ1) is 23.5. The van der Waals surface area contributed by atoms with Crippen LogP contribution in [0.2, 0.25) is 0 Å². The highest BCUT2D eigenvalue weighted by molar-refractivity contribution is 6.16. The predicted molar refractivity (Wildman–Crippen MR) is 98.8 cm³/mol. The summed E-state index contributed by atoms with van der Waals surface area (Å²) in [6.07, 6.45) is -2.91. The van der Waals surface area contributed by atoms with Gasteiger partial charge in [-0.25, -0.2) is 4.68 Å². The molecule has 0 spiro atoms. The number of hydrogen-bond acceptors (Lipinski definition) is 10. The third-order valence-electron chi connectivity index (χ3n) is 4.05. The zero-order valence-corrected chi connectivity index (χ0v) is 17.6. The Labute approximate surface area is 177 Å². The minimum atomic E-state index is -1.17. The molecule has 0 bridgehead atoms. The van der Waals surface area contributed by atoms with Gasteiger partial charge in [-0.2, -0.15) is 0 Å². The van der Waals surface area contributed by atoms with E-state index in [-0.39, 0.29) is 12.5 Å². The second-order valence-electron chi connectivity index (χ2n) is 6.57. The Morgan fingerprint density at radius 2 is 1.73 bits per heavy atom. The Kier molecular flexibility index (Phi) is 8.12. The van der Waals surface area contributed by atoms with E-state index >= 15 is 0 Å². The maximum absolute atomic E-state index is 11.9. The lowest BCUT2D eigenvalue weighted by molar-refractivity contribution is -0.239. The zero-order valence-electron chi connectivity index (χ0n) is 16.9. The van der Waals surface area contributed by atoms with E-state index in [1.165, 1.54) is 31.6 Å². The summed E-state index contributed by atoms with van der Waals surface area (Å²) >= 11 is 5.78. The average molecular weight is 447 g/mol. The first-order valence-corrected chi connectivity index (χ1v) is 9.52. The summed E-state index contributed by atoms with van der Waals surface area (Å²) in [7, 11) is 0. The molecule has 1 saturated heterocycles. The first-order chi connectivity index (χ1) is 14.1. The third-order valence-corrected chi connectivity index (χ3v) is 4.32. The normalized spacial score (nSPS) is 25.8. The molecule has 166 valence electrons. The number of rotatable bonds is 7. The van der Waals surface area contributed by atoms with Gasteiger partial charge in [0.1, 0.15) is 18.8 Å². The van der Waals surface area contributed by atoms with Gasteiger partial charge in [-0.05, 0) is 0 Å². The molecule has 0 aromatic carbocycles. The molecule has 0 saturated carbocycles. The van der Waals surface area contributed by atoms with Crippen LogP contribution in [0.15, 0.2) is 6.20 Å². The highest BCUT2D eigenvalue weighted by Crippen LogP contribution is 2.32. The molecule has 12 nitrogen and oxygen atoms in total. The van der Waals surface area contributed by atoms with Gasteiger partial charge >= 0.3 is 17.9 Å². The van der Waals surface area contributed by atoms with Crippen molar-refractivity contribution in [3.05, 3.63) is 11.9 Å². The number of hydrogen-bond donors (Lipinski definition) is 1. The lowest BCUT2D eigenvalue weighted by Gasteiger charge is -2.45. The van der Waals surface area contributed by atoms with E-state index in [4.69, 9.17) is 30.5 Å². The van der Waals surface area contributed by atoms with Crippen molar-refractivity contribution in [1.82, 2.24) is 20.3 Å². The van der Waals surface area contributed by atoms with Crippen LogP contribution in [0.1, 0.15) is 39.6 Å². The van der Waals surface area contributed by atoms with Crippen molar-refractivity contribution in [2.75, 3.05) is 6.61 Å². The number of nitrogens with zero attached hydrogens (tertiary/aromatic N) is 3. The van der Waals surface area contributed by atoms with E-state index < -0.39 is 54.4 Å². The van der Waals surface area contributed by atoms with E-state index in [1.807, 2.05) is 0 Å². The molecule has 1 aliphatic rings. The topological polar surface area (TPSA) is 148 Å². The van der Waals surface area contributed by atoms with Crippen molar-refractivity contribution in [1.29, 1.82) is 0 Å². The quantitative estimate of drug-likeness (QED) is 0.340. The fourth-order valence-electron chi connectivity index (χ4n) is 3.03. The highest BCUT2D eigenvalue weighted by atomic mass is 35.5. The molecule has 1 fully saturated rings. The number of aromatic nitrogens is 3. The van der Waals surface area contributed by atoms with Crippen LogP contribution < -0.4 is 5.32 Å². The molecule has 13 heteroatoms. The van der Waals surface area contributed by atoms with Crippen molar-refractivity contribution in [2.24, 2.45) is 0 Å². The number of ether oxygens (including phenoxy) is 4. The van der Waals surface area contributed by atoms with Crippen molar-refractivity contribution in [2.45, 2.75) is 64.2 Å². The number of alkyl halides is 1. The summed E-state index contributed by atoms with van der Waals surface area (Å²) < 4.78 is 23.0. The van der Waals surface area contributed by atoms with Gasteiger partial charge in [0.05, 0.1) is 17.8 Å². The Bertz CT molecular complexity index is 800. The summed E-state index contributed by atoms with van der Waals surface area (Å²) in [5.74, 6) is -2.32. The van der Waals surface area contributed by atoms with Gasteiger partial charge in [-0.3, -0.25) is 19.2 Å². The Morgan fingerprint density at radius 1 is 1.10 bits per heavy atom. The summed E-state index contributed by atoms with van der Waals surface area (Å²) in [6.45, 7) is 4.50. The molecular weight excluding hydrogens is 424 g/mol. The average Bonchev–Trinajstić information content (AvgIpc) is 3.11. The third kappa shape index (κ3) is 6.13. The zero-order chi connectivity index (χ0) is 22.4. The molecule has 1 aromatic rings. The Hall–Kier alpha value is -2.73. The van der Waals surface area contributed by atoms with Crippen molar-refractivity contribution in [3.63, 3.8) is 0 Å². The van der Waals surface area contributed by atoms with Crippen LogP contribution in [0, 0.1) is 0 Å². The van der Waals surface area contributed by atoms with Gasteiger partial charge in [0, 0.05) is 27.7 Å². The summed E-state index contributed by atoms with van der Waals surface area (Å²) in [5.41, 5.74) is 0.435. The second kappa shape index (κ2) is 10.3. The molecule has 1 aromatic heterocycles. The van der Waals surface area contributed by atoms with Crippen molar-refractivity contribution in [3.8, 4) is 0 Å². The number of carbonyl (C=O) groups is 4. The van der Waals surface area contributed by atoms with Crippen LogP contribution in [0.25, 0.3) is 0 Å². The molecule has 1 amide bonds. The van der Waals surface area contributed by atoms with Gasteiger partial charge in [-0.1, -0.05) is 5.21 Å². The Morgan fingerprint density at radius 3 is 2.23 bits per heavy atom. The molecule has 0 aliphatic carbocycles. The minimum Gasteiger partial charge on any atom is -0.463 e. The molecule has 30 heavy (non-hydrogen) atoms.